The second-order valence-corrected chi connectivity index (χ2v) is 6.47. The molecule has 1 amide bonds. The maximum absolute atomic E-state index is 13.5. The number of carbonyl (C=O) groups is 2. The third kappa shape index (κ3) is 4.90. The van der Waals surface area contributed by atoms with Gasteiger partial charge in [-0.2, -0.15) is 5.26 Å². The van der Waals surface area contributed by atoms with Gasteiger partial charge in [0, 0.05) is 16.1 Å². The van der Waals surface area contributed by atoms with Crippen molar-refractivity contribution in [1.82, 2.24) is 5.32 Å². The summed E-state index contributed by atoms with van der Waals surface area (Å²) in [6.07, 6.45) is 5.29. The zero-order valence-corrected chi connectivity index (χ0v) is 14.4. The number of halogens is 2. The Kier molecular flexibility index (Phi) is 6.10. The van der Waals surface area contributed by atoms with Gasteiger partial charge in [-0.3, -0.25) is 4.79 Å². The Bertz CT molecular complexity index is 706. The van der Waals surface area contributed by atoms with Gasteiger partial charge in [0.05, 0.1) is 6.07 Å². The summed E-state index contributed by atoms with van der Waals surface area (Å²) in [6, 6.07) is 6.45. The van der Waals surface area contributed by atoms with Gasteiger partial charge in [0.25, 0.3) is 5.91 Å². The number of ether oxygens (including phenoxy) is 1. The van der Waals surface area contributed by atoms with Crippen LogP contribution >= 0.6 is 15.9 Å². The molecule has 0 bridgehead atoms. The zero-order chi connectivity index (χ0) is 17.6. The molecule has 1 aliphatic rings. The van der Waals surface area contributed by atoms with E-state index in [1.54, 1.807) is 6.07 Å². The quantitative estimate of drug-likeness (QED) is 0.614. The Balaban J connectivity index is 1.84. The van der Waals surface area contributed by atoms with Gasteiger partial charge in [0.1, 0.15) is 11.4 Å². The maximum atomic E-state index is 13.5. The summed E-state index contributed by atoms with van der Waals surface area (Å²) in [5.41, 5.74) is -0.626. The van der Waals surface area contributed by atoms with E-state index in [0.717, 1.165) is 18.9 Å². The fourth-order valence-corrected chi connectivity index (χ4v) is 2.91. The van der Waals surface area contributed by atoms with Crippen molar-refractivity contribution in [3.63, 3.8) is 0 Å². The van der Waals surface area contributed by atoms with E-state index in [0.29, 0.717) is 17.3 Å². The number of hydrogen-bond acceptors (Lipinski definition) is 4. The fraction of sp³-hybridized carbons (Fsp3) is 0.353. The van der Waals surface area contributed by atoms with E-state index in [2.05, 4.69) is 27.3 Å². The van der Waals surface area contributed by atoms with Gasteiger partial charge in [-0.25, -0.2) is 9.18 Å². The molecule has 0 unspecified atom stereocenters. The topological polar surface area (TPSA) is 79.2 Å². The summed E-state index contributed by atoms with van der Waals surface area (Å²) in [7, 11) is 0. The summed E-state index contributed by atoms with van der Waals surface area (Å²) < 4.78 is 19.0. The predicted octanol–water partition coefficient (Wildman–Crippen LogP) is 3.10. The first kappa shape index (κ1) is 18.1. The molecule has 1 fully saturated rings. The SMILES string of the molecule is N#CC1(NC(=O)COC(=O)/C=C/c2cc(Br)ccc2F)CCCC1. The smallest absolute Gasteiger partial charge is 0.331 e. The van der Waals surface area contributed by atoms with Crippen LogP contribution in [-0.2, 0) is 14.3 Å². The molecule has 0 heterocycles. The van der Waals surface area contributed by atoms with Crippen LogP contribution in [-0.4, -0.2) is 24.0 Å². The highest BCUT2D eigenvalue weighted by atomic mass is 79.9. The first-order chi connectivity index (χ1) is 11.4. The molecular formula is C17H16BrFN2O3. The molecule has 1 aromatic carbocycles. The maximum Gasteiger partial charge on any atom is 0.331 e. The molecule has 0 spiro atoms. The largest absolute Gasteiger partial charge is 0.452 e. The first-order valence-corrected chi connectivity index (χ1v) is 8.25. The average Bonchev–Trinajstić information content (AvgIpc) is 3.02. The van der Waals surface area contributed by atoms with E-state index in [1.807, 2.05) is 0 Å². The number of nitriles is 1. The number of benzene rings is 1. The van der Waals surface area contributed by atoms with Gasteiger partial charge in [0.15, 0.2) is 6.61 Å². The van der Waals surface area contributed by atoms with Crippen molar-refractivity contribution in [2.75, 3.05) is 6.61 Å². The van der Waals surface area contributed by atoms with Gasteiger partial charge >= 0.3 is 5.97 Å². The van der Waals surface area contributed by atoms with Crippen LogP contribution in [0.2, 0.25) is 0 Å². The summed E-state index contributed by atoms with van der Waals surface area (Å²) >= 11 is 3.21. The fourth-order valence-electron chi connectivity index (χ4n) is 2.53. The molecule has 1 saturated carbocycles. The molecule has 1 aliphatic carbocycles. The third-order valence-corrected chi connectivity index (χ3v) is 4.25. The molecule has 0 atom stereocenters. The van der Waals surface area contributed by atoms with Crippen LogP contribution in [0.1, 0.15) is 31.2 Å². The van der Waals surface area contributed by atoms with E-state index >= 15 is 0 Å². The summed E-state index contributed by atoms with van der Waals surface area (Å²) in [4.78, 5) is 23.4. The lowest BCUT2D eigenvalue weighted by molar-refractivity contribution is -0.144. The first-order valence-electron chi connectivity index (χ1n) is 7.46. The number of amides is 1. The van der Waals surface area contributed by atoms with Crippen LogP contribution in [0.15, 0.2) is 28.7 Å². The van der Waals surface area contributed by atoms with Crippen LogP contribution < -0.4 is 5.32 Å². The third-order valence-electron chi connectivity index (χ3n) is 3.75. The van der Waals surface area contributed by atoms with E-state index in [9.17, 15) is 19.2 Å². The van der Waals surface area contributed by atoms with Gasteiger partial charge < -0.3 is 10.1 Å². The van der Waals surface area contributed by atoms with Crippen LogP contribution in [0, 0.1) is 17.1 Å². The van der Waals surface area contributed by atoms with Crippen molar-refractivity contribution >= 4 is 33.9 Å². The Morgan fingerprint density at radius 1 is 1.42 bits per heavy atom. The minimum Gasteiger partial charge on any atom is -0.452 e. The number of hydrogen-bond donors (Lipinski definition) is 1. The van der Waals surface area contributed by atoms with E-state index < -0.39 is 29.8 Å². The Hall–Kier alpha value is -2.20. The minimum absolute atomic E-state index is 0.222. The highest BCUT2D eigenvalue weighted by Gasteiger charge is 2.35. The van der Waals surface area contributed by atoms with Crippen molar-refractivity contribution in [2.24, 2.45) is 0 Å². The van der Waals surface area contributed by atoms with E-state index in [4.69, 9.17) is 4.74 Å². The molecule has 24 heavy (non-hydrogen) atoms. The number of nitrogens with zero attached hydrogens (tertiary/aromatic N) is 1. The lowest BCUT2D eigenvalue weighted by Gasteiger charge is -2.21. The Morgan fingerprint density at radius 3 is 2.79 bits per heavy atom. The van der Waals surface area contributed by atoms with Crippen LogP contribution in [0.4, 0.5) is 4.39 Å². The van der Waals surface area contributed by atoms with E-state index in [-0.39, 0.29) is 5.56 Å². The van der Waals surface area contributed by atoms with Gasteiger partial charge in [-0.1, -0.05) is 15.9 Å². The molecule has 0 aliphatic heterocycles. The molecule has 0 aromatic heterocycles. The molecule has 126 valence electrons. The number of nitrogens with one attached hydrogen (secondary N) is 1. The standard InChI is InChI=1S/C17H16BrFN2O3/c18-13-4-5-14(19)12(9-13)3-6-16(23)24-10-15(22)21-17(11-20)7-1-2-8-17/h3-6,9H,1-2,7-8,10H2,(H,21,22)/b6-3+. The van der Waals surface area contributed by atoms with E-state index in [1.165, 1.54) is 18.2 Å². The van der Waals surface area contributed by atoms with Crippen molar-refractivity contribution in [1.29, 1.82) is 5.26 Å². The van der Waals surface area contributed by atoms with Crippen molar-refractivity contribution in [3.05, 3.63) is 40.1 Å². The summed E-state index contributed by atoms with van der Waals surface area (Å²) in [5.74, 6) is -1.76. The molecule has 0 radical (unpaired) electrons. The highest BCUT2D eigenvalue weighted by Crippen LogP contribution is 2.28. The zero-order valence-electron chi connectivity index (χ0n) is 12.9. The number of carbonyl (C=O) groups excluding carboxylic acids is 2. The van der Waals surface area contributed by atoms with Gasteiger partial charge in [-0.05, 0) is 50.0 Å². The summed E-state index contributed by atoms with van der Waals surface area (Å²) in [5, 5.41) is 11.8. The van der Waals surface area contributed by atoms with Gasteiger partial charge in [-0.15, -0.1) is 0 Å². The normalized spacial score (nSPS) is 15.9. The van der Waals surface area contributed by atoms with Crippen LogP contribution in [0.25, 0.3) is 6.08 Å². The second kappa shape index (κ2) is 8.06. The number of esters is 1. The Morgan fingerprint density at radius 2 is 2.12 bits per heavy atom. The van der Waals surface area contributed by atoms with Crippen LogP contribution in [0.3, 0.4) is 0 Å². The highest BCUT2D eigenvalue weighted by molar-refractivity contribution is 9.10. The lowest BCUT2D eigenvalue weighted by atomic mass is 10.00. The predicted molar refractivity (Wildman–Crippen MR) is 89.0 cm³/mol. The van der Waals surface area contributed by atoms with Gasteiger partial charge in [0.2, 0.25) is 0 Å². The molecule has 0 saturated heterocycles. The summed E-state index contributed by atoms with van der Waals surface area (Å²) in [6.45, 7) is -0.479. The average molecular weight is 395 g/mol. The lowest BCUT2D eigenvalue weighted by Crippen LogP contribution is -2.46. The molecule has 2 rings (SSSR count). The Labute approximate surface area is 147 Å². The molecule has 1 N–H and O–H groups in total. The van der Waals surface area contributed by atoms with Crippen molar-refractivity contribution < 1.29 is 18.7 Å². The molecule has 1 aromatic rings. The van der Waals surface area contributed by atoms with Crippen molar-refractivity contribution in [3.8, 4) is 6.07 Å². The second-order valence-electron chi connectivity index (χ2n) is 5.56. The van der Waals surface area contributed by atoms with Crippen LogP contribution in [0.5, 0.6) is 0 Å². The molecular weight excluding hydrogens is 379 g/mol. The minimum atomic E-state index is -0.848. The molecule has 7 heteroatoms. The van der Waals surface area contributed by atoms with Crippen molar-refractivity contribution in [2.45, 2.75) is 31.2 Å². The number of rotatable bonds is 5. The monoisotopic (exact) mass is 394 g/mol. The molecule has 5 nitrogen and oxygen atoms in total.